The van der Waals surface area contributed by atoms with Crippen LogP contribution >= 0.6 is 0 Å². The van der Waals surface area contributed by atoms with Crippen molar-refractivity contribution in [2.24, 2.45) is 52.3 Å². The van der Waals surface area contributed by atoms with Crippen molar-refractivity contribution in [1.82, 2.24) is 4.90 Å². The molecular formula is C53H99NO. The monoisotopic (exact) mass is 766 g/mol. The van der Waals surface area contributed by atoms with Crippen molar-refractivity contribution in [1.29, 1.82) is 0 Å². The van der Waals surface area contributed by atoms with E-state index in [0.717, 1.165) is 67.4 Å². The van der Waals surface area contributed by atoms with Crippen LogP contribution in [0.1, 0.15) is 254 Å². The van der Waals surface area contributed by atoms with Gasteiger partial charge in [-0.25, -0.2) is 0 Å². The Hall–Kier alpha value is -0.340. The lowest BCUT2D eigenvalue weighted by molar-refractivity contribution is -0.151. The maximum absolute atomic E-state index is 12.5. The van der Waals surface area contributed by atoms with E-state index in [0.29, 0.717) is 5.41 Å². The summed E-state index contributed by atoms with van der Waals surface area (Å²) in [6, 6.07) is 0. The Morgan fingerprint density at radius 3 is 1.71 bits per heavy atom. The molecule has 4 rings (SSSR count). The average Bonchev–Trinajstić information content (AvgIpc) is 3.52. The van der Waals surface area contributed by atoms with E-state index < -0.39 is 5.72 Å². The molecule has 4 aliphatic carbocycles. The van der Waals surface area contributed by atoms with Gasteiger partial charge in [-0.2, -0.15) is 0 Å². The predicted molar refractivity (Wildman–Crippen MR) is 242 cm³/mol. The first kappa shape index (κ1) is 47.3. The van der Waals surface area contributed by atoms with Gasteiger partial charge in [-0.05, 0) is 110 Å². The standard InChI is InChI=1S/C53H99NO/c1-9-12-15-16-17-18-19-20-21-22-23-24-25-26-27-28-32-45-41-46-42-53(55,54(39-13-10-2)40-14-11-3)38-37-51(46,7)49-35-36-52(8)47(33-34-48(52)50(45)49)44(6)31-29-30-43(4)5/h41,43-45,47-50,55H,9-40,42H2,1-8H3/t44-,45?,47-,48+,49+,50+,51+,52-,53+/m1/s1. The Labute approximate surface area is 346 Å². The van der Waals surface area contributed by atoms with Gasteiger partial charge in [-0.15, -0.1) is 0 Å². The summed E-state index contributed by atoms with van der Waals surface area (Å²) in [5, 5.41) is 12.5. The summed E-state index contributed by atoms with van der Waals surface area (Å²) in [6.45, 7) is 22.0. The fraction of sp³-hybridized carbons (Fsp3) is 0.962. The third-order valence-electron chi connectivity index (χ3n) is 17.1. The lowest BCUT2D eigenvalue weighted by atomic mass is 9.44. The van der Waals surface area contributed by atoms with Gasteiger partial charge in [-0.1, -0.05) is 202 Å². The Morgan fingerprint density at radius 1 is 0.618 bits per heavy atom. The molecule has 0 aliphatic heterocycles. The van der Waals surface area contributed by atoms with Crippen molar-refractivity contribution >= 4 is 0 Å². The van der Waals surface area contributed by atoms with Crippen LogP contribution < -0.4 is 0 Å². The number of nitrogens with zero attached hydrogens (tertiary/aromatic N) is 1. The highest BCUT2D eigenvalue weighted by molar-refractivity contribution is 5.29. The topological polar surface area (TPSA) is 23.5 Å². The van der Waals surface area contributed by atoms with E-state index in [9.17, 15) is 5.11 Å². The molecule has 3 saturated carbocycles. The average molecular weight is 766 g/mol. The van der Waals surface area contributed by atoms with Gasteiger partial charge in [0.2, 0.25) is 0 Å². The smallest absolute Gasteiger partial charge is 0.122 e. The predicted octanol–water partition coefficient (Wildman–Crippen LogP) is 16.5. The molecule has 9 atom stereocenters. The summed E-state index contributed by atoms with van der Waals surface area (Å²) in [6.07, 6.45) is 45.4. The zero-order chi connectivity index (χ0) is 39.7. The number of hydrogen-bond acceptors (Lipinski definition) is 2. The molecule has 0 radical (unpaired) electrons. The van der Waals surface area contributed by atoms with Crippen LogP contribution in [0.15, 0.2) is 11.6 Å². The van der Waals surface area contributed by atoms with Crippen LogP contribution in [0.4, 0.5) is 0 Å². The minimum atomic E-state index is -0.644. The third-order valence-corrected chi connectivity index (χ3v) is 17.1. The lowest BCUT2D eigenvalue weighted by Crippen LogP contribution is -2.58. The molecule has 0 saturated heterocycles. The second-order valence-electron chi connectivity index (χ2n) is 21.5. The summed E-state index contributed by atoms with van der Waals surface area (Å²) in [5.74, 6) is 5.92. The van der Waals surface area contributed by atoms with Crippen LogP contribution in [0, 0.1) is 52.3 Å². The Bertz CT molecular complexity index is 1060. The molecule has 0 heterocycles. The van der Waals surface area contributed by atoms with E-state index in [4.69, 9.17) is 0 Å². The number of hydrogen-bond donors (Lipinski definition) is 1. The van der Waals surface area contributed by atoms with E-state index in [2.05, 4.69) is 66.4 Å². The largest absolute Gasteiger partial charge is 0.375 e. The Balaban J connectivity index is 1.38. The van der Waals surface area contributed by atoms with Crippen molar-refractivity contribution < 1.29 is 5.11 Å². The summed E-state index contributed by atoms with van der Waals surface area (Å²) < 4.78 is 0. The first-order valence-corrected chi connectivity index (χ1v) is 25.7. The highest BCUT2D eigenvalue weighted by Gasteiger charge is 2.62. The molecule has 0 spiro atoms. The van der Waals surface area contributed by atoms with E-state index in [1.165, 1.54) is 186 Å². The molecule has 0 aromatic rings. The van der Waals surface area contributed by atoms with Crippen LogP contribution in [0.2, 0.25) is 0 Å². The van der Waals surface area contributed by atoms with Crippen LogP contribution in [0.25, 0.3) is 0 Å². The summed E-state index contributed by atoms with van der Waals surface area (Å²) >= 11 is 0. The number of fused-ring (bicyclic) bond motifs is 5. The molecule has 55 heavy (non-hydrogen) atoms. The summed E-state index contributed by atoms with van der Waals surface area (Å²) in [5.41, 5.74) is 1.85. The highest BCUT2D eigenvalue weighted by Crippen LogP contribution is 2.69. The van der Waals surface area contributed by atoms with E-state index in [1.807, 2.05) is 0 Å². The fourth-order valence-corrected chi connectivity index (χ4v) is 13.5. The van der Waals surface area contributed by atoms with E-state index >= 15 is 0 Å². The van der Waals surface area contributed by atoms with E-state index in [1.54, 1.807) is 5.57 Å². The molecule has 322 valence electrons. The highest BCUT2D eigenvalue weighted by atomic mass is 16.3. The molecule has 0 bridgehead atoms. The zero-order valence-corrected chi connectivity index (χ0v) is 38.8. The number of unbranched alkanes of at least 4 members (excludes halogenated alkanes) is 17. The molecular weight excluding hydrogens is 667 g/mol. The third kappa shape index (κ3) is 13.1. The van der Waals surface area contributed by atoms with Gasteiger partial charge >= 0.3 is 0 Å². The molecule has 0 aromatic carbocycles. The first-order valence-electron chi connectivity index (χ1n) is 25.7. The van der Waals surface area contributed by atoms with Gasteiger partial charge in [0.25, 0.3) is 0 Å². The molecule has 0 aromatic heterocycles. The van der Waals surface area contributed by atoms with Crippen LogP contribution in [0.5, 0.6) is 0 Å². The van der Waals surface area contributed by atoms with Crippen molar-refractivity contribution in [3.8, 4) is 0 Å². The summed E-state index contributed by atoms with van der Waals surface area (Å²) in [4.78, 5) is 2.54. The quantitative estimate of drug-likeness (QED) is 0.0466. The fourth-order valence-electron chi connectivity index (χ4n) is 13.5. The number of allylic oxidation sites excluding steroid dienone is 1. The van der Waals surface area contributed by atoms with Gasteiger partial charge in [0.15, 0.2) is 0 Å². The maximum atomic E-state index is 12.5. The maximum Gasteiger partial charge on any atom is 0.122 e. The Kier molecular flexibility index (Phi) is 20.7. The summed E-state index contributed by atoms with van der Waals surface area (Å²) in [7, 11) is 0. The lowest BCUT2D eigenvalue weighted by Gasteiger charge is -2.62. The molecule has 1 N–H and O–H groups in total. The van der Waals surface area contributed by atoms with Crippen LogP contribution in [0.3, 0.4) is 0 Å². The molecule has 0 amide bonds. The molecule has 4 aliphatic rings. The Morgan fingerprint density at radius 2 is 1.16 bits per heavy atom. The van der Waals surface area contributed by atoms with Crippen LogP contribution in [-0.4, -0.2) is 28.8 Å². The SMILES string of the molecule is CCCCCCCCCCCCCCCCCCC1C=C2C[C@](O)(N(CCCC)CCCC)CC[C@]2(C)[C@H]2CC[C@]3(C)[C@@H]([C@H](C)CCCC(C)C)CC[C@H]3[C@H]12. The van der Waals surface area contributed by atoms with E-state index in [-0.39, 0.29) is 5.41 Å². The van der Waals surface area contributed by atoms with Gasteiger partial charge in [0.1, 0.15) is 5.72 Å². The molecule has 1 unspecified atom stereocenters. The van der Waals surface area contributed by atoms with Gasteiger partial charge < -0.3 is 5.11 Å². The van der Waals surface area contributed by atoms with Crippen LogP contribution in [-0.2, 0) is 0 Å². The normalized spacial score (nSPS) is 32.4. The molecule has 2 heteroatoms. The number of aliphatic hydroxyl groups is 1. The minimum absolute atomic E-state index is 0.283. The zero-order valence-electron chi connectivity index (χ0n) is 38.8. The molecule has 2 nitrogen and oxygen atoms in total. The van der Waals surface area contributed by atoms with Gasteiger partial charge in [-0.3, -0.25) is 4.90 Å². The van der Waals surface area contributed by atoms with Crippen molar-refractivity contribution in [3.05, 3.63) is 11.6 Å². The second-order valence-corrected chi connectivity index (χ2v) is 21.5. The molecule has 3 fully saturated rings. The second kappa shape index (κ2) is 24.0. The number of rotatable bonds is 29. The van der Waals surface area contributed by atoms with Gasteiger partial charge in [0, 0.05) is 19.5 Å². The van der Waals surface area contributed by atoms with Crippen molar-refractivity contribution in [3.63, 3.8) is 0 Å². The van der Waals surface area contributed by atoms with Crippen molar-refractivity contribution in [2.75, 3.05) is 13.1 Å². The first-order chi connectivity index (χ1) is 26.5. The minimum Gasteiger partial charge on any atom is -0.375 e. The van der Waals surface area contributed by atoms with Gasteiger partial charge in [0.05, 0.1) is 0 Å². The van der Waals surface area contributed by atoms with Crippen molar-refractivity contribution in [2.45, 2.75) is 260 Å².